The summed E-state index contributed by atoms with van der Waals surface area (Å²) < 4.78 is 0. The second kappa shape index (κ2) is 4.91. The highest BCUT2D eigenvalue weighted by Crippen LogP contribution is 2.06. The van der Waals surface area contributed by atoms with Gasteiger partial charge in [-0.3, -0.25) is 9.98 Å². The van der Waals surface area contributed by atoms with E-state index in [2.05, 4.69) is 28.3 Å². The Labute approximate surface area is 90.6 Å². The van der Waals surface area contributed by atoms with Gasteiger partial charge in [-0.15, -0.1) is 0 Å². The predicted molar refractivity (Wildman–Crippen MR) is 62.0 cm³/mol. The fourth-order valence-electron chi connectivity index (χ4n) is 1.73. The summed E-state index contributed by atoms with van der Waals surface area (Å²) in [6, 6.07) is 4.06. The Morgan fingerprint density at radius 2 is 2.33 bits per heavy atom. The van der Waals surface area contributed by atoms with Crippen LogP contribution in [0.4, 0.5) is 0 Å². The molecule has 0 amide bonds. The molecule has 1 aliphatic heterocycles. The van der Waals surface area contributed by atoms with Crippen LogP contribution in [0.5, 0.6) is 0 Å². The van der Waals surface area contributed by atoms with E-state index in [0.29, 0.717) is 0 Å². The van der Waals surface area contributed by atoms with Gasteiger partial charge in [0, 0.05) is 19.2 Å². The average molecular weight is 203 g/mol. The van der Waals surface area contributed by atoms with Crippen molar-refractivity contribution < 1.29 is 0 Å². The maximum atomic E-state index is 4.45. The minimum absolute atomic E-state index is 0.797. The Morgan fingerprint density at radius 1 is 1.40 bits per heavy atom. The van der Waals surface area contributed by atoms with Crippen LogP contribution in [-0.2, 0) is 6.54 Å². The smallest absolute Gasteiger partial charge is 0.0966 e. The molecule has 15 heavy (non-hydrogen) atoms. The number of hydrogen-bond acceptors (Lipinski definition) is 3. The van der Waals surface area contributed by atoms with Crippen LogP contribution in [0.15, 0.2) is 23.3 Å². The number of nitrogens with one attached hydrogen (secondary N) is 1. The molecule has 1 N–H and O–H groups in total. The molecule has 1 aliphatic rings. The van der Waals surface area contributed by atoms with E-state index in [-0.39, 0.29) is 0 Å². The molecule has 0 radical (unpaired) electrons. The quantitative estimate of drug-likeness (QED) is 0.799. The van der Waals surface area contributed by atoms with Crippen LogP contribution in [0.1, 0.15) is 30.5 Å². The second-order valence-corrected chi connectivity index (χ2v) is 3.91. The number of aliphatic imine (C=N–C) groups is 1. The van der Waals surface area contributed by atoms with Crippen molar-refractivity contribution in [2.24, 2.45) is 4.99 Å². The minimum atomic E-state index is 0.797. The Kier molecular flexibility index (Phi) is 3.33. The van der Waals surface area contributed by atoms with Gasteiger partial charge in [0.2, 0.25) is 0 Å². The van der Waals surface area contributed by atoms with E-state index in [0.717, 1.165) is 31.0 Å². The number of aryl methyl sites for hydroxylation is 1. The van der Waals surface area contributed by atoms with Crippen molar-refractivity contribution in [2.45, 2.75) is 32.7 Å². The summed E-state index contributed by atoms with van der Waals surface area (Å²) in [7, 11) is 0. The van der Waals surface area contributed by atoms with Crippen molar-refractivity contribution in [1.29, 1.82) is 0 Å². The van der Waals surface area contributed by atoms with E-state index in [1.54, 1.807) is 0 Å². The highest BCUT2D eigenvalue weighted by atomic mass is 15.0. The third kappa shape index (κ3) is 2.78. The lowest BCUT2D eigenvalue weighted by atomic mass is 10.1. The summed E-state index contributed by atoms with van der Waals surface area (Å²) in [5, 5.41) is 3.37. The van der Waals surface area contributed by atoms with Crippen LogP contribution in [0.25, 0.3) is 0 Å². The Hall–Kier alpha value is -1.38. The van der Waals surface area contributed by atoms with Gasteiger partial charge in [0.25, 0.3) is 0 Å². The molecule has 0 aliphatic carbocycles. The first kappa shape index (κ1) is 10.1. The van der Waals surface area contributed by atoms with Gasteiger partial charge in [0.05, 0.1) is 18.1 Å². The van der Waals surface area contributed by atoms with Crippen molar-refractivity contribution in [3.63, 3.8) is 0 Å². The molecule has 0 saturated carbocycles. The van der Waals surface area contributed by atoms with E-state index in [1.165, 1.54) is 18.4 Å². The van der Waals surface area contributed by atoms with E-state index in [4.69, 9.17) is 0 Å². The molecular formula is C12H17N3. The van der Waals surface area contributed by atoms with Gasteiger partial charge < -0.3 is 5.32 Å². The summed E-state index contributed by atoms with van der Waals surface area (Å²) in [5.41, 5.74) is 2.35. The van der Waals surface area contributed by atoms with Gasteiger partial charge in [-0.05, 0) is 31.4 Å². The molecule has 3 nitrogen and oxygen atoms in total. The Bertz CT molecular complexity index is 358. The van der Waals surface area contributed by atoms with Gasteiger partial charge in [0.15, 0.2) is 0 Å². The van der Waals surface area contributed by atoms with Crippen LogP contribution >= 0.6 is 0 Å². The number of pyridine rings is 1. The molecule has 1 aromatic rings. The zero-order chi connectivity index (χ0) is 10.5. The molecule has 0 fully saturated rings. The van der Waals surface area contributed by atoms with E-state index < -0.39 is 0 Å². The zero-order valence-electron chi connectivity index (χ0n) is 9.16. The number of hydrogen-bond donors (Lipinski definition) is 1. The average Bonchev–Trinajstić information content (AvgIpc) is 2.29. The topological polar surface area (TPSA) is 37.3 Å². The van der Waals surface area contributed by atoms with Crippen LogP contribution in [0, 0.1) is 6.92 Å². The second-order valence-electron chi connectivity index (χ2n) is 3.91. The number of nitrogens with zero attached hydrogens (tertiary/aromatic N) is 2. The monoisotopic (exact) mass is 203 g/mol. The van der Waals surface area contributed by atoms with Crippen molar-refractivity contribution in [2.75, 3.05) is 6.54 Å². The summed E-state index contributed by atoms with van der Waals surface area (Å²) >= 11 is 0. The minimum Gasteiger partial charge on any atom is -0.368 e. The zero-order valence-corrected chi connectivity index (χ0v) is 9.16. The molecule has 0 bridgehead atoms. The molecular weight excluding hydrogens is 186 g/mol. The molecule has 2 heterocycles. The van der Waals surface area contributed by atoms with Crippen molar-refractivity contribution in [3.8, 4) is 0 Å². The molecule has 80 valence electrons. The maximum Gasteiger partial charge on any atom is 0.0966 e. The lowest BCUT2D eigenvalue weighted by Gasteiger charge is -2.14. The molecule has 0 atom stereocenters. The van der Waals surface area contributed by atoms with Crippen molar-refractivity contribution in [1.82, 2.24) is 10.3 Å². The van der Waals surface area contributed by atoms with E-state index >= 15 is 0 Å². The fourth-order valence-corrected chi connectivity index (χ4v) is 1.73. The first-order chi connectivity index (χ1) is 7.36. The third-order valence-corrected chi connectivity index (χ3v) is 2.70. The number of rotatable bonds is 2. The summed E-state index contributed by atoms with van der Waals surface area (Å²) in [4.78, 5) is 8.80. The lowest BCUT2D eigenvalue weighted by molar-refractivity contribution is 0.702. The number of amidine groups is 1. The highest BCUT2D eigenvalue weighted by Gasteiger charge is 2.05. The van der Waals surface area contributed by atoms with Gasteiger partial charge >= 0.3 is 0 Å². The highest BCUT2D eigenvalue weighted by molar-refractivity contribution is 5.82. The molecule has 0 unspecified atom stereocenters. The maximum absolute atomic E-state index is 4.45. The molecule has 0 aromatic carbocycles. The standard InChI is InChI=1S/C12H17N3/c1-10-5-4-8-13-11(10)9-15-12-6-2-3-7-14-12/h4-5,8H,2-3,6-7,9H2,1H3,(H,14,15). The molecule has 3 heteroatoms. The molecule has 0 saturated heterocycles. The Morgan fingerprint density at radius 3 is 3.07 bits per heavy atom. The van der Waals surface area contributed by atoms with Gasteiger partial charge in [-0.1, -0.05) is 6.07 Å². The van der Waals surface area contributed by atoms with Crippen LogP contribution in [-0.4, -0.2) is 17.4 Å². The van der Waals surface area contributed by atoms with E-state index in [1.807, 2.05) is 12.3 Å². The van der Waals surface area contributed by atoms with Gasteiger partial charge in [-0.25, -0.2) is 0 Å². The predicted octanol–water partition coefficient (Wildman–Crippen LogP) is 2.06. The third-order valence-electron chi connectivity index (χ3n) is 2.70. The molecule has 2 rings (SSSR count). The first-order valence-electron chi connectivity index (χ1n) is 5.54. The van der Waals surface area contributed by atoms with Crippen molar-refractivity contribution in [3.05, 3.63) is 29.6 Å². The fraction of sp³-hybridized carbons (Fsp3) is 0.500. The van der Waals surface area contributed by atoms with Crippen LogP contribution in [0.2, 0.25) is 0 Å². The van der Waals surface area contributed by atoms with E-state index in [9.17, 15) is 0 Å². The normalized spacial score (nSPS) is 15.9. The molecule has 1 aromatic heterocycles. The van der Waals surface area contributed by atoms with Crippen LogP contribution < -0.4 is 5.32 Å². The van der Waals surface area contributed by atoms with Gasteiger partial charge in [0.1, 0.15) is 0 Å². The van der Waals surface area contributed by atoms with Crippen molar-refractivity contribution >= 4 is 5.84 Å². The lowest BCUT2D eigenvalue weighted by Crippen LogP contribution is -2.26. The first-order valence-corrected chi connectivity index (χ1v) is 5.54. The largest absolute Gasteiger partial charge is 0.368 e. The Balaban J connectivity index is 1.93. The SMILES string of the molecule is Cc1cccnc1CNC1=NCCCC1. The summed E-state index contributed by atoms with van der Waals surface area (Å²) in [6.45, 7) is 3.86. The van der Waals surface area contributed by atoms with Gasteiger partial charge in [-0.2, -0.15) is 0 Å². The number of aromatic nitrogens is 1. The summed E-state index contributed by atoms with van der Waals surface area (Å²) in [5.74, 6) is 1.14. The molecule has 0 spiro atoms. The van der Waals surface area contributed by atoms with Crippen LogP contribution in [0.3, 0.4) is 0 Å². The summed E-state index contributed by atoms with van der Waals surface area (Å²) in [6.07, 6.45) is 5.42.